The average molecular weight is 476 g/mol. The van der Waals surface area contributed by atoms with Gasteiger partial charge in [0.05, 0.1) is 15.5 Å². The first-order chi connectivity index (χ1) is 14.9. The standard InChI is InChI=1S/C23H29N3O4S2/c1-14-9-15(2)13-26(12-14)32(29,30)17-7-5-16(6-8-17)21(28)25-22-24-18-10-23(3,4)11-19(27)20(18)31-22/h5-8,14-15H,9-13H2,1-4H3,(H,24,25,28)/t14-,15-/m0/s1. The molecule has 9 heteroatoms. The molecule has 0 unspecified atom stereocenters. The van der Waals surface area contributed by atoms with E-state index in [2.05, 4.69) is 24.1 Å². The second kappa shape index (κ2) is 8.35. The highest BCUT2D eigenvalue weighted by atomic mass is 32.2. The van der Waals surface area contributed by atoms with Crippen LogP contribution in [-0.2, 0) is 16.4 Å². The number of aromatic nitrogens is 1. The lowest BCUT2D eigenvalue weighted by molar-refractivity contribution is 0.0915. The number of sulfonamides is 1. The summed E-state index contributed by atoms with van der Waals surface area (Å²) >= 11 is 1.20. The van der Waals surface area contributed by atoms with Gasteiger partial charge in [0.25, 0.3) is 5.91 Å². The fourth-order valence-corrected chi connectivity index (χ4v) is 7.27. The Bertz CT molecular complexity index is 1140. The molecular formula is C23H29N3O4S2. The monoisotopic (exact) mass is 475 g/mol. The number of carbonyl (C=O) groups excluding carboxylic acids is 2. The van der Waals surface area contributed by atoms with Crippen molar-refractivity contribution in [2.45, 2.75) is 51.9 Å². The number of hydrogen-bond donors (Lipinski definition) is 1. The number of thiazole rings is 1. The fourth-order valence-electron chi connectivity index (χ4n) is 4.67. The van der Waals surface area contributed by atoms with Crippen LogP contribution >= 0.6 is 11.3 Å². The van der Waals surface area contributed by atoms with Crippen molar-refractivity contribution in [1.29, 1.82) is 0 Å². The van der Waals surface area contributed by atoms with Crippen molar-refractivity contribution in [1.82, 2.24) is 9.29 Å². The lowest BCUT2D eigenvalue weighted by atomic mass is 9.78. The van der Waals surface area contributed by atoms with E-state index in [0.29, 0.717) is 53.3 Å². The van der Waals surface area contributed by atoms with Crippen LogP contribution in [0.2, 0.25) is 0 Å². The fraction of sp³-hybridized carbons (Fsp3) is 0.522. The number of nitrogens with zero attached hydrogens (tertiary/aromatic N) is 2. The molecule has 1 aliphatic carbocycles. The normalized spacial score (nSPS) is 23.6. The zero-order valence-electron chi connectivity index (χ0n) is 18.8. The average Bonchev–Trinajstić information content (AvgIpc) is 3.08. The Morgan fingerprint density at radius 1 is 1.12 bits per heavy atom. The number of carbonyl (C=O) groups is 2. The summed E-state index contributed by atoms with van der Waals surface area (Å²) in [7, 11) is -3.59. The third-order valence-electron chi connectivity index (χ3n) is 6.05. The van der Waals surface area contributed by atoms with Gasteiger partial charge < -0.3 is 0 Å². The Balaban J connectivity index is 1.48. The molecule has 2 aromatic rings. The number of Topliss-reactive ketones (excluding diaryl/α,β-unsaturated/α-hetero) is 1. The number of nitrogens with one attached hydrogen (secondary N) is 1. The minimum atomic E-state index is -3.59. The Labute approximate surface area is 193 Å². The molecule has 0 bridgehead atoms. The molecule has 2 atom stereocenters. The maximum absolute atomic E-state index is 13.0. The highest BCUT2D eigenvalue weighted by Crippen LogP contribution is 2.38. The van der Waals surface area contributed by atoms with Gasteiger partial charge in [-0.2, -0.15) is 4.31 Å². The van der Waals surface area contributed by atoms with Gasteiger partial charge >= 0.3 is 0 Å². The van der Waals surface area contributed by atoms with Crippen molar-refractivity contribution in [2.75, 3.05) is 18.4 Å². The predicted molar refractivity (Wildman–Crippen MR) is 125 cm³/mol. The maximum Gasteiger partial charge on any atom is 0.257 e. The molecule has 2 heterocycles. The number of rotatable bonds is 4. The highest BCUT2D eigenvalue weighted by Gasteiger charge is 2.34. The number of benzene rings is 1. The van der Waals surface area contributed by atoms with Crippen LogP contribution in [-0.4, -0.2) is 42.5 Å². The SMILES string of the molecule is C[C@H]1C[C@H](C)CN(S(=O)(=O)c2ccc(C(=O)Nc3nc4c(s3)C(=O)CC(C)(C)C4)cc2)C1. The highest BCUT2D eigenvalue weighted by molar-refractivity contribution is 7.89. The molecule has 0 radical (unpaired) electrons. The molecule has 1 aliphatic heterocycles. The van der Waals surface area contributed by atoms with Gasteiger partial charge in [-0.15, -0.1) is 0 Å². The smallest absolute Gasteiger partial charge is 0.257 e. The topological polar surface area (TPSA) is 96.4 Å². The van der Waals surface area contributed by atoms with Crippen LogP contribution in [0.5, 0.6) is 0 Å². The summed E-state index contributed by atoms with van der Waals surface area (Å²) < 4.78 is 27.6. The number of hydrogen-bond acceptors (Lipinski definition) is 6. The first-order valence-electron chi connectivity index (χ1n) is 10.9. The molecule has 7 nitrogen and oxygen atoms in total. The van der Waals surface area contributed by atoms with Crippen LogP contribution in [0.3, 0.4) is 0 Å². The minimum Gasteiger partial charge on any atom is -0.298 e. The quantitative estimate of drug-likeness (QED) is 0.714. The molecule has 172 valence electrons. The maximum atomic E-state index is 13.0. The summed E-state index contributed by atoms with van der Waals surface area (Å²) in [6, 6.07) is 5.99. The van der Waals surface area contributed by atoms with E-state index in [1.54, 1.807) is 4.31 Å². The van der Waals surface area contributed by atoms with E-state index in [0.717, 1.165) is 12.1 Å². The summed E-state index contributed by atoms with van der Waals surface area (Å²) in [6.07, 6.45) is 2.19. The zero-order chi connectivity index (χ0) is 23.3. The van der Waals surface area contributed by atoms with Crippen LogP contribution in [0.1, 0.15) is 66.3 Å². The van der Waals surface area contributed by atoms with Crippen molar-refractivity contribution in [3.63, 3.8) is 0 Å². The van der Waals surface area contributed by atoms with E-state index in [4.69, 9.17) is 0 Å². The summed E-state index contributed by atoms with van der Waals surface area (Å²) in [6.45, 7) is 9.23. The van der Waals surface area contributed by atoms with Crippen molar-refractivity contribution in [3.8, 4) is 0 Å². The number of piperidine rings is 1. The molecule has 0 spiro atoms. The summed E-state index contributed by atoms with van der Waals surface area (Å²) in [5, 5.41) is 3.14. The van der Waals surface area contributed by atoms with E-state index in [-0.39, 0.29) is 22.0 Å². The van der Waals surface area contributed by atoms with Gasteiger partial charge in [0.15, 0.2) is 10.9 Å². The summed E-state index contributed by atoms with van der Waals surface area (Å²) in [5.74, 6) is 0.317. The molecule has 1 amide bonds. The van der Waals surface area contributed by atoms with Gasteiger partial charge in [-0.3, -0.25) is 14.9 Å². The van der Waals surface area contributed by atoms with Gasteiger partial charge in [0, 0.05) is 25.1 Å². The Kier molecular flexibility index (Phi) is 6.02. The Morgan fingerprint density at radius 3 is 2.38 bits per heavy atom. The molecule has 1 aromatic heterocycles. The van der Waals surface area contributed by atoms with E-state index >= 15 is 0 Å². The molecule has 32 heavy (non-hydrogen) atoms. The van der Waals surface area contributed by atoms with Crippen molar-refractivity contribution >= 4 is 38.2 Å². The van der Waals surface area contributed by atoms with Crippen LogP contribution in [0.25, 0.3) is 0 Å². The lowest BCUT2D eigenvalue weighted by Crippen LogP contribution is -2.42. The molecule has 4 rings (SSSR count). The number of ketones is 1. The molecule has 1 saturated heterocycles. The Morgan fingerprint density at radius 2 is 1.75 bits per heavy atom. The second-order valence-corrected chi connectivity index (χ2v) is 12.9. The van der Waals surface area contributed by atoms with E-state index in [1.165, 1.54) is 35.6 Å². The second-order valence-electron chi connectivity index (χ2n) is 9.98. The van der Waals surface area contributed by atoms with Crippen molar-refractivity contribution in [3.05, 3.63) is 40.4 Å². The zero-order valence-corrected chi connectivity index (χ0v) is 20.5. The molecule has 2 aliphatic rings. The lowest BCUT2D eigenvalue weighted by Gasteiger charge is -2.34. The largest absolute Gasteiger partial charge is 0.298 e. The van der Waals surface area contributed by atoms with Crippen molar-refractivity contribution < 1.29 is 18.0 Å². The van der Waals surface area contributed by atoms with Gasteiger partial charge in [-0.1, -0.05) is 39.0 Å². The van der Waals surface area contributed by atoms with Crippen molar-refractivity contribution in [2.24, 2.45) is 17.3 Å². The van der Waals surface area contributed by atoms with Crippen LogP contribution in [0.15, 0.2) is 29.2 Å². The van der Waals surface area contributed by atoms with Gasteiger partial charge in [-0.25, -0.2) is 13.4 Å². The predicted octanol–water partition coefficient (Wildman–Crippen LogP) is 4.22. The van der Waals surface area contributed by atoms with Gasteiger partial charge in [0.1, 0.15) is 0 Å². The third-order valence-corrected chi connectivity index (χ3v) is 8.95. The van der Waals surface area contributed by atoms with E-state index in [1.807, 2.05) is 13.8 Å². The molecule has 0 saturated carbocycles. The van der Waals surface area contributed by atoms with Crippen LogP contribution in [0.4, 0.5) is 5.13 Å². The van der Waals surface area contributed by atoms with Gasteiger partial charge in [0.2, 0.25) is 10.0 Å². The molecule has 1 aromatic carbocycles. The van der Waals surface area contributed by atoms with Crippen LogP contribution in [0, 0.1) is 17.3 Å². The summed E-state index contributed by atoms with van der Waals surface area (Å²) in [5.41, 5.74) is 0.937. The molecule has 1 N–H and O–H groups in total. The Hall–Kier alpha value is -2.10. The molecule has 1 fully saturated rings. The number of anilines is 1. The van der Waals surface area contributed by atoms with E-state index in [9.17, 15) is 18.0 Å². The number of amides is 1. The number of fused-ring (bicyclic) bond motifs is 1. The first-order valence-corrected chi connectivity index (χ1v) is 13.1. The third kappa shape index (κ3) is 4.65. The van der Waals surface area contributed by atoms with Crippen LogP contribution < -0.4 is 5.32 Å². The van der Waals surface area contributed by atoms with Gasteiger partial charge in [-0.05, 0) is 54.4 Å². The minimum absolute atomic E-state index is 0.0603. The first kappa shape index (κ1) is 23.1. The van der Waals surface area contributed by atoms with E-state index < -0.39 is 10.0 Å². The molecular weight excluding hydrogens is 446 g/mol. The summed E-state index contributed by atoms with van der Waals surface area (Å²) in [4.78, 5) is 30.3.